The number of pyridine rings is 1. The summed E-state index contributed by atoms with van der Waals surface area (Å²) in [5, 5.41) is 5.45. The molecule has 1 saturated heterocycles. The van der Waals surface area contributed by atoms with Gasteiger partial charge in [-0.25, -0.2) is 4.98 Å². The molecule has 1 aliphatic heterocycles. The van der Waals surface area contributed by atoms with E-state index >= 15 is 0 Å². The summed E-state index contributed by atoms with van der Waals surface area (Å²) in [6.45, 7) is 2.51. The number of carbonyl (C=O) groups is 3. The van der Waals surface area contributed by atoms with Crippen molar-refractivity contribution in [1.29, 1.82) is 0 Å². The molecular weight excluding hydrogens is 428 g/mol. The molecule has 2 aromatic heterocycles. The number of nitrogens with zero attached hydrogens (tertiary/aromatic N) is 2. The van der Waals surface area contributed by atoms with E-state index in [1.54, 1.807) is 30.2 Å². The number of likely N-dealkylation sites (tertiary alicyclic amines) is 1. The Morgan fingerprint density at radius 3 is 2.82 bits per heavy atom. The van der Waals surface area contributed by atoms with E-state index in [0.29, 0.717) is 30.9 Å². The van der Waals surface area contributed by atoms with Crippen molar-refractivity contribution in [3.63, 3.8) is 0 Å². The quantitative estimate of drug-likeness (QED) is 0.730. The van der Waals surface area contributed by atoms with Crippen molar-refractivity contribution < 1.29 is 18.8 Å². The number of halogens is 1. The molecule has 0 spiro atoms. The van der Waals surface area contributed by atoms with E-state index in [1.807, 2.05) is 0 Å². The highest BCUT2D eigenvalue weighted by atomic mass is 79.9. The Labute approximate surface area is 170 Å². The van der Waals surface area contributed by atoms with Crippen molar-refractivity contribution in [2.75, 3.05) is 18.4 Å². The maximum absolute atomic E-state index is 12.7. The number of hydrogen-bond acceptors (Lipinski definition) is 5. The number of piperidine rings is 1. The third kappa shape index (κ3) is 4.98. The van der Waals surface area contributed by atoms with Crippen molar-refractivity contribution in [3.8, 4) is 0 Å². The lowest BCUT2D eigenvalue weighted by atomic mass is 9.96. The summed E-state index contributed by atoms with van der Waals surface area (Å²) in [6.07, 6.45) is 5.75. The zero-order chi connectivity index (χ0) is 20.1. The highest BCUT2D eigenvalue weighted by molar-refractivity contribution is 9.10. The molecule has 0 radical (unpaired) electrons. The number of anilines is 1. The molecule has 9 heteroatoms. The van der Waals surface area contributed by atoms with Gasteiger partial charge >= 0.3 is 0 Å². The van der Waals surface area contributed by atoms with Crippen molar-refractivity contribution in [3.05, 3.63) is 47.0 Å². The second-order valence-electron chi connectivity index (χ2n) is 6.68. The van der Waals surface area contributed by atoms with Crippen molar-refractivity contribution >= 4 is 39.5 Å². The first kappa shape index (κ1) is 20.1. The second-order valence-corrected chi connectivity index (χ2v) is 7.60. The van der Waals surface area contributed by atoms with Crippen LogP contribution in [0.25, 0.3) is 0 Å². The van der Waals surface area contributed by atoms with Crippen molar-refractivity contribution in [1.82, 2.24) is 15.2 Å². The summed E-state index contributed by atoms with van der Waals surface area (Å²) in [6, 6.07) is 4.34. The lowest BCUT2D eigenvalue weighted by Crippen LogP contribution is -2.51. The maximum Gasteiger partial charge on any atom is 0.255 e. The summed E-state index contributed by atoms with van der Waals surface area (Å²) < 4.78 is 5.71. The second kappa shape index (κ2) is 9.01. The Bertz CT molecular complexity index is 838. The van der Waals surface area contributed by atoms with Gasteiger partial charge in [0.25, 0.3) is 5.91 Å². The molecule has 0 aromatic carbocycles. The van der Waals surface area contributed by atoms with Crippen LogP contribution < -0.4 is 10.6 Å². The van der Waals surface area contributed by atoms with E-state index in [9.17, 15) is 14.4 Å². The van der Waals surface area contributed by atoms with Crippen LogP contribution in [0.4, 0.5) is 5.82 Å². The van der Waals surface area contributed by atoms with Crippen molar-refractivity contribution in [2.45, 2.75) is 25.8 Å². The number of hydrogen-bond donors (Lipinski definition) is 2. The number of aromatic nitrogens is 1. The molecule has 2 N–H and O–H groups in total. The van der Waals surface area contributed by atoms with Gasteiger partial charge in [-0.1, -0.05) is 0 Å². The largest absolute Gasteiger partial charge is 0.472 e. The van der Waals surface area contributed by atoms with Crippen LogP contribution in [-0.2, 0) is 9.59 Å². The minimum absolute atomic E-state index is 0.164. The van der Waals surface area contributed by atoms with Crippen LogP contribution in [0.15, 0.2) is 45.8 Å². The molecule has 3 amide bonds. The minimum Gasteiger partial charge on any atom is -0.472 e. The zero-order valence-corrected chi connectivity index (χ0v) is 16.9. The highest BCUT2D eigenvalue weighted by Crippen LogP contribution is 2.19. The number of carbonyl (C=O) groups excluding carboxylic acids is 3. The summed E-state index contributed by atoms with van der Waals surface area (Å²) in [7, 11) is 0. The SMILES string of the molecule is CC(NC(=O)c1ccoc1)C(=O)N1CCCC(C(=O)Nc2ccc(Br)cn2)C1. The van der Waals surface area contributed by atoms with E-state index in [4.69, 9.17) is 4.42 Å². The fraction of sp³-hybridized carbons (Fsp3) is 0.368. The number of rotatable bonds is 5. The fourth-order valence-corrected chi connectivity index (χ4v) is 3.31. The topological polar surface area (TPSA) is 105 Å². The normalized spacial score (nSPS) is 17.6. The van der Waals surface area contributed by atoms with Crippen LogP contribution in [0, 0.1) is 5.92 Å². The first-order valence-corrected chi connectivity index (χ1v) is 9.77. The smallest absolute Gasteiger partial charge is 0.255 e. The molecular formula is C19H21BrN4O4. The molecule has 3 rings (SSSR count). The molecule has 8 nitrogen and oxygen atoms in total. The average Bonchev–Trinajstić information content (AvgIpc) is 3.24. The number of amides is 3. The highest BCUT2D eigenvalue weighted by Gasteiger charge is 2.31. The average molecular weight is 449 g/mol. The molecule has 148 valence electrons. The maximum atomic E-state index is 12.7. The molecule has 0 saturated carbocycles. The van der Waals surface area contributed by atoms with Gasteiger partial charge in [-0.05, 0) is 53.9 Å². The standard InChI is InChI=1S/C19H21BrN4O4/c1-12(22-18(26)14-6-8-28-11-14)19(27)24-7-2-3-13(10-24)17(25)23-16-5-4-15(20)9-21-16/h4-6,8-9,11-13H,2-3,7,10H2,1H3,(H,22,26)(H,21,23,25). The van der Waals surface area contributed by atoms with Gasteiger partial charge in [0.15, 0.2) is 0 Å². The van der Waals surface area contributed by atoms with E-state index in [2.05, 4.69) is 31.5 Å². The number of nitrogens with one attached hydrogen (secondary N) is 2. The molecule has 0 aliphatic carbocycles. The van der Waals surface area contributed by atoms with Crippen LogP contribution in [-0.4, -0.2) is 46.7 Å². The third-order valence-corrected chi connectivity index (χ3v) is 5.05. The van der Waals surface area contributed by atoms with Gasteiger partial charge in [0, 0.05) is 23.8 Å². The third-order valence-electron chi connectivity index (χ3n) is 4.58. The molecule has 1 aliphatic rings. The fourth-order valence-electron chi connectivity index (χ4n) is 3.08. The Morgan fingerprint density at radius 1 is 1.32 bits per heavy atom. The monoisotopic (exact) mass is 448 g/mol. The van der Waals surface area contributed by atoms with Gasteiger partial charge in [-0.2, -0.15) is 0 Å². The summed E-state index contributed by atoms with van der Waals surface area (Å²) >= 11 is 3.30. The Hall–Kier alpha value is -2.68. The molecule has 2 unspecified atom stereocenters. The zero-order valence-electron chi connectivity index (χ0n) is 15.4. The molecule has 1 fully saturated rings. The lowest BCUT2D eigenvalue weighted by Gasteiger charge is -2.33. The van der Waals surface area contributed by atoms with Crippen LogP contribution in [0.3, 0.4) is 0 Å². The van der Waals surface area contributed by atoms with E-state index in [-0.39, 0.29) is 23.6 Å². The lowest BCUT2D eigenvalue weighted by molar-refractivity contribution is -0.136. The van der Waals surface area contributed by atoms with Crippen LogP contribution in [0.5, 0.6) is 0 Å². The van der Waals surface area contributed by atoms with Gasteiger partial charge < -0.3 is 20.0 Å². The summed E-state index contributed by atoms with van der Waals surface area (Å²) in [5.41, 5.74) is 0.359. The van der Waals surface area contributed by atoms with E-state index in [1.165, 1.54) is 18.6 Å². The molecule has 3 heterocycles. The summed E-state index contributed by atoms with van der Waals surface area (Å²) in [4.78, 5) is 43.1. The first-order chi connectivity index (χ1) is 13.4. The molecule has 2 atom stereocenters. The minimum atomic E-state index is -0.697. The van der Waals surface area contributed by atoms with E-state index in [0.717, 1.165) is 10.9 Å². The molecule has 2 aromatic rings. The van der Waals surface area contributed by atoms with Gasteiger partial charge in [0.05, 0.1) is 17.7 Å². The Kier molecular flexibility index (Phi) is 6.45. The predicted molar refractivity (Wildman–Crippen MR) is 106 cm³/mol. The summed E-state index contributed by atoms with van der Waals surface area (Å²) in [5.74, 6) is -0.599. The Morgan fingerprint density at radius 2 is 2.14 bits per heavy atom. The van der Waals surface area contributed by atoms with Crippen LogP contribution in [0.1, 0.15) is 30.1 Å². The van der Waals surface area contributed by atoms with Gasteiger partial charge in [0.1, 0.15) is 18.1 Å². The van der Waals surface area contributed by atoms with Crippen LogP contribution >= 0.6 is 15.9 Å². The van der Waals surface area contributed by atoms with Crippen LogP contribution in [0.2, 0.25) is 0 Å². The number of furan rings is 1. The van der Waals surface area contributed by atoms with Gasteiger partial charge in [-0.15, -0.1) is 0 Å². The molecule has 28 heavy (non-hydrogen) atoms. The Balaban J connectivity index is 1.55. The first-order valence-electron chi connectivity index (χ1n) is 8.98. The predicted octanol–water partition coefficient (Wildman–Crippen LogP) is 2.43. The van der Waals surface area contributed by atoms with E-state index < -0.39 is 6.04 Å². The van der Waals surface area contributed by atoms with Gasteiger partial charge in [-0.3, -0.25) is 14.4 Å². The van der Waals surface area contributed by atoms with Crippen molar-refractivity contribution in [2.24, 2.45) is 5.92 Å². The molecule has 0 bridgehead atoms. The van der Waals surface area contributed by atoms with Gasteiger partial charge in [0.2, 0.25) is 11.8 Å².